The van der Waals surface area contributed by atoms with E-state index in [4.69, 9.17) is 5.73 Å². The number of aromatic nitrogens is 3. The Morgan fingerprint density at radius 3 is 2.68 bits per heavy atom. The van der Waals surface area contributed by atoms with Gasteiger partial charge in [0.1, 0.15) is 24.0 Å². The average Bonchev–Trinajstić information content (AvgIpc) is 3.40. The van der Waals surface area contributed by atoms with Crippen LogP contribution in [-0.4, -0.2) is 31.1 Å². The number of rotatable bonds is 7. The molecular weight excluding hydrogens is 396 g/mol. The van der Waals surface area contributed by atoms with Crippen LogP contribution in [0.25, 0.3) is 10.8 Å². The fraction of sp³-hybridized carbons (Fsp3) is 0.364. The summed E-state index contributed by atoms with van der Waals surface area (Å²) in [6, 6.07) is 7.02. The second kappa shape index (κ2) is 7.35. The van der Waals surface area contributed by atoms with Gasteiger partial charge in [-0.25, -0.2) is 9.97 Å². The number of hydrogen-bond acceptors (Lipinski definition) is 7. The largest absolute Gasteiger partial charge is 0.386 e. The lowest BCUT2D eigenvalue weighted by Crippen LogP contribution is -2.29. The zero-order valence-electron chi connectivity index (χ0n) is 17.8. The number of primary amides is 1. The summed E-state index contributed by atoms with van der Waals surface area (Å²) in [7, 11) is 0. The third kappa shape index (κ3) is 4.51. The van der Waals surface area contributed by atoms with Gasteiger partial charge in [-0.3, -0.25) is 9.59 Å². The molecule has 0 spiro atoms. The Labute approximate surface area is 179 Å². The van der Waals surface area contributed by atoms with Crippen molar-refractivity contribution in [2.75, 3.05) is 10.6 Å². The lowest BCUT2D eigenvalue weighted by Gasteiger charge is -2.19. The van der Waals surface area contributed by atoms with Crippen molar-refractivity contribution < 1.29 is 9.90 Å². The minimum absolute atomic E-state index is 0.117. The highest BCUT2D eigenvalue weighted by atomic mass is 16.3. The molecule has 0 aliphatic heterocycles. The summed E-state index contributed by atoms with van der Waals surface area (Å²) in [5, 5.41) is 17.9. The van der Waals surface area contributed by atoms with E-state index in [2.05, 4.69) is 27.5 Å². The van der Waals surface area contributed by atoms with E-state index in [1.54, 1.807) is 50.5 Å². The van der Waals surface area contributed by atoms with Gasteiger partial charge in [0.2, 0.25) is 5.91 Å². The van der Waals surface area contributed by atoms with Crippen molar-refractivity contribution in [3.05, 3.63) is 52.6 Å². The molecule has 3 aromatic rings. The van der Waals surface area contributed by atoms with Crippen LogP contribution in [0.1, 0.15) is 39.2 Å². The first-order valence-electron chi connectivity index (χ1n) is 10.1. The van der Waals surface area contributed by atoms with Crippen LogP contribution in [0.4, 0.5) is 17.5 Å². The van der Waals surface area contributed by atoms with E-state index in [9.17, 15) is 14.7 Å². The fourth-order valence-electron chi connectivity index (χ4n) is 3.36. The van der Waals surface area contributed by atoms with Crippen LogP contribution < -0.4 is 21.9 Å². The van der Waals surface area contributed by atoms with Gasteiger partial charge in [0, 0.05) is 17.9 Å². The molecule has 0 bridgehead atoms. The van der Waals surface area contributed by atoms with E-state index >= 15 is 0 Å². The number of aliphatic hydroxyl groups is 1. The number of nitrogens with one attached hydrogen (secondary N) is 2. The molecule has 9 heteroatoms. The first-order chi connectivity index (χ1) is 14.5. The number of hydrogen-bond donors (Lipinski definition) is 4. The van der Waals surface area contributed by atoms with E-state index in [1.807, 2.05) is 0 Å². The number of amides is 1. The average molecular weight is 422 g/mol. The highest BCUT2D eigenvalue weighted by molar-refractivity contribution is 5.94. The van der Waals surface area contributed by atoms with Gasteiger partial charge in [-0.2, -0.15) is 0 Å². The van der Waals surface area contributed by atoms with Gasteiger partial charge in [-0.15, -0.1) is 0 Å². The molecule has 0 unspecified atom stereocenters. The molecule has 162 valence electrons. The van der Waals surface area contributed by atoms with E-state index in [1.165, 1.54) is 4.57 Å². The highest BCUT2D eigenvalue weighted by Crippen LogP contribution is 2.39. The summed E-state index contributed by atoms with van der Waals surface area (Å²) in [5.41, 5.74) is 4.54. The van der Waals surface area contributed by atoms with Gasteiger partial charge in [0.15, 0.2) is 0 Å². The van der Waals surface area contributed by atoms with Crippen molar-refractivity contribution in [2.24, 2.45) is 5.73 Å². The Morgan fingerprint density at radius 1 is 1.29 bits per heavy atom. The number of carbonyl (C=O) groups is 1. The van der Waals surface area contributed by atoms with Crippen molar-refractivity contribution in [2.45, 2.75) is 51.3 Å². The first-order valence-corrected chi connectivity index (χ1v) is 10.1. The Morgan fingerprint density at radius 2 is 2.03 bits per heavy atom. The maximum absolute atomic E-state index is 13.0. The Hall–Kier alpha value is -3.46. The van der Waals surface area contributed by atoms with Crippen LogP contribution in [0.3, 0.4) is 0 Å². The highest BCUT2D eigenvalue weighted by Gasteiger charge is 2.38. The van der Waals surface area contributed by atoms with Crippen LogP contribution >= 0.6 is 0 Å². The van der Waals surface area contributed by atoms with Crippen LogP contribution in [0.5, 0.6) is 0 Å². The lowest BCUT2D eigenvalue weighted by molar-refractivity contribution is -0.118. The molecule has 0 atom stereocenters. The Kier molecular flexibility index (Phi) is 4.93. The summed E-state index contributed by atoms with van der Waals surface area (Å²) in [6.45, 7) is 5.28. The minimum atomic E-state index is -1.00. The predicted octanol–water partition coefficient (Wildman–Crippen LogP) is 2.21. The zero-order valence-corrected chi connectivity index (χ0v) is 17.8. The summed E-state index contributed by atoms with van der Waals surface area (Å²) in [4.78, 5) is 33.3. The summed E-state index contributed by atoms with van der Waals surface area (Å²) < 4.78 is 1.29. The molecule has 1 amide bonds. The second-order valence-corrected chi connectivity index (χ2v) is 8.83. The van der Waals surface area contributed by atoms with E-state index in [-0.39, 0.29) is 17.6 Å². The normalized spacial score (nSPS) is 15.0. The standard InChI is InChI=1S/C22H26N6O3/c1-21(2,31)14-4-8-24-16(11-14)25-17-10-13-5-9-28(12-15(23)29)20(30)18(13)19(26-17)27-22(3)6-7-22/h4-5,8-11,31H,6-7,12H2,1-3H3,(H2,23,29)(H2,24,25,26,27). The van der Waals surface area contributed by atoms with Gasteiger partial charge in [0.05, 0.1) is 11.0 Å². The lowest BCUT2D eigenvalue weighted by atomic mass is 10.00. The Balaban J connectivity index is 1.79. The van der Waals surface area contributed by atoms with E-state index in [0.717, 1.165) is 12.8 Å². The van der Waals surface area contributed by atoms with Crippen LogP contribution in [0.2, 0.25) is 0 Å². The number of nitrogens with zero attached hydrogens (tertiary/aromatic N) is 3. The summed E-state index contributed by atoms with van der Waals surface area (Å²) >= 11 is 0. The second-order valence-electron chi connectivity index (χ2n) is 8.83. The van der Waals surface area contributed by atoms with Gasteiger partial charge < -0.3 is 26.0 Å². The van der Waals surface area contributed by atoms with Crippen molar-refractivity contribution in [3.63, 3.8) is 0 Å². The Bertz CT molecular complexity index is 1220. The zero-order chi connectivity index (χ0) is 22.4. The third-order valence-corrected chi connectivity index (χ3v) is 5.43. The molecule has 5 N–H and O–H groups in total. The number of anilines is 3. The van der Waals surface area contributed by atoms with Gasteiger partial charge in [-0.1, -0.05) is 0 Å². The SMILES string of the molecule is CC1(Nc2nc(Nc3cc(C(C)(C)O)ccn3)cc3ccn(CC(N)=O)c(=O)c23)CC1. The fourth-order valence-corrected chi connectivity index (χ4v) is 3.36. The molecule has 0 radical (unpaired) electrons. The molecule has 0 aromatic carbocycles. The molecule has 4 rings (SSSR count). The molecule has 3 heterocycles. The minimum Gasteiger partial charge on any atom is -0.386 e. The van der Waals surface area contributed by atoms with Gasteiger partial charge >= 0.3 is 0 Å². The van der Waals surface area contributed by atoms with Gasteiger partial charge in [-0.05, 0) is 68.8 Å². The molecule has 1 saturated carbocycles. The van der Waals surface area contributed by atoms with Crippen molar-refractivity contribution in [3.8, 4) is 0 Å². The molecule has 1 fully saturated rings. The third-order valence-electron chi connectivity index (χ3n) is 5.43. The molecule has 1 aliphatic rings. The maximum atomic E-state index is 13.0. The molecule has 31 heavy (non-hydrogen) atoms. The maximum Gasteiger partial charge on any atom is 0.262 e. The summed E-state index contributed by atoms with van der Waals surface area (Å²) in [6.07, 6.45) is 5.12. The van der Waals surface area contributed by atoms with E-state index < -0.39 is 11.5 Å². The topological polar surface area (TPSA) is 135 Å². The number of carbonyl (C=O) groups excluding carboxylic acids is 1. The predicted molar refractivity (Wildman–Crippen MR) is 119 cm³/mol. The first kappa shape index (κ1) is 20.8. The molecule has 1 aliphatic carbocycles. The molecule has 0 saturated heterocycles. The van der Waals surface area contributed by atoms with E-state index in [0.29, 0.717) is 33.8 Å². The van der Waals surface area contributed by atoms with Crippen LogP contribution in [-0.2, 0) is 16.9 Å². The van der Waals surface area contributed by atoms with Crippen molar-refractivity contribution in [1.82, 2.24) is 14.5 Å². The molecule has 9 nitrogen and oxygen atoms in total. The number of nitrogens with two attached hydrogens (primary N) is 1. The summed E-state index contributed by atoms with van der Waals surface area (Å²) in [5.74, 6) is 0.889. The quantitative estimate of drug-likeness (QED) is 0.458. The van der Waals surface area contributed by atoms with Crippen molar-refractivity contribution >= 4 is 34.1 Å². The number of fused-ring (bicyclic) bond motifs is 1. The van der Waals surface area contributed by atoms with Crippen LogP contribution in [0, 0.1) is 0 Å². The van der Waals surface area contributed by atoms with Crippen LogP contribution in [0.15, 0.2) is 41.5 Å². The smallest absolute Gasteiger partial charge is 0.262 e. The van der Waals surface area contributed by atoms with Gasteiger partial charge in [0.25, 0.3) is 5.56 Å². The number of pyridine rings is 3. The van der Waals surface area contributed by atoms with Crippen molar-refractivity contribution in [1.29, 1.82) is 0 Å². The molecular formula is C22H26N6O3. The molecule has 3 aromatic heterocycles. The monoisotopic (exact) mass is 422 g/mol.